The first kappa shape index (κ1) is 16.3. The summed E-state index contributed by atoms with van der Waals surface area (Å²) in [5, 5.41) is 5.76. The Bertz CT molecular complexity index is 631. The van der Waals surface area contributed by atoms with E-state index in [1.54, 1.807) is 5.57 Å². The van der Waals surface area contributed by atoms with E-state index in [0.717, 1.165) is 6.54 Å². The van der Waals surface area contributed by atoms with Gasteiger partial charge in [-0.3, -0.25) is 4.68 Å². The molecule has 0 amide bonds. The number of unbranched alkanes of at least 4 members (excludes halogenated alkanes) is 2. The van der Waals surface area contributed by atoms with Crippen molar-refractivity contribution in [2.75, 3.05) is 19.6 Å². The second-order valence-electron chi connectivity index (χ2n) is 6.63. The molecule has 3 rings (SSSR count). The minimum atomic E-state index is 1.02. The molecule has 0 radical (unpaired) electrons. The van der Waals surface area contributed by atoms with E-state index in [9.17, 15) is 0 Å². The van der Waals surface area contributed by atoms with Crippen LogP contribution in [0.25, 0.3) is 10.9 Å². The zero-order valence-corrected chi connectivity index (χ0v) is 14.4. The van der Waals surface area contributed by atoms with Gasteiger partial charge in [-0.1, -0.05) is 49.6 Å². The molecule has 0 bridgehead atoms. The third kappa shape index (κ3) is 4.44. The van der Waals surface area contributed by atoms with Gasteiger partial charge in [0.2, 0.25) is 0 Å². The molecule has 0 spiro atoms. The fourth-order valence-electron chi connectivity index (χ4n) is 3.43. The van der Waals surface area contributed by atoms with Gasteiger partial charge in [0.15, 0.2) is 0 Å². The van der Waals surface area contributed by atoms with Crippen LogP contribution >= 0.6 is 0 Å². The number of benzene rings is 1. The lowest BCUT2D eigenvalue weighted by molar-refractivity contribution is 0.247. The summed E-state index contributed by atoms with van der Waals surface area (Å²) in [7, 11) is 0. The smallest absolute Gasteiger partial charge is 0.0682 e. The number of hydrogen-bond acceptors (Lipinski definition) is 2. The summed E-state index contributed by atoms with van der Waals surface area (Å²) in [6.45, 7) is 6.94. The van der Waals surface area contributed by atoms with Crippen LogP contribution in [0.4, 0.5) is 0 Å². The standard InChI is InChI=1S/C20H29N3/c1-2-3-4-8-18-11-15-22(16-12-18)13-7-14-23-20-10-6-5-9-19(20)17-21-23/h5-6,8-10,17H,2-4,7,11-16H2,1H3. The van der Waals surface area contributed by atoms with E-state index in [4.69, 9.17) is 0 Å². The highest BCUT2D eigenvalue weighted by Gasteiger charge is 2.13. The summed E-state index contributed by atoms with van der Waals surface area (Å²) in [4.78, 5) is 2.61. The molecule has 23 heavy (non-hydrogen) atoms. The van der Waals surface area contributed by atoms with Gasteiger partial charge in [-0.2, -0.15) is 5.10 Å². The average molecular weight is 311 g/mol. The van der Waals surface area contributed by atoms with Crippen LogP contribution in [0.1, 0.15) is 45.4 Å². The number of likely N-dealkylation sites (tertiary alicyclic amines) is 1. The summed E-state index contributed by atoms with van der Waals surface area (Å²) < 4.78 is 2.15. The molecule has 1 aromatic carbocycles. The first-order valence-electron chi connectivity index (χ1n) is 9.17. The van der Waals surface area contributed by atoms with E-state index in [2.05, 4.69) is 51.9 Å². The van der Waals surface area contributed by atoms with Crippen molar-refractivity contribution in [3.8, 4) is 0 Å². The van der Waals surface area contributed by atoms with E-state index < -0.39 is 0 Å². The van der Waals surface area contributed by atoms with Gasteiger partial charge in [0.25, 0.3) is 0 Å². The molecule has 0 N–H and O–H groups in total. The van der Waals surface area contributed by atoms with Gasteiger partial charge in [-0.05, 0) is 38.3 Å². The molecule has 1 aromatic heterocycles. The minimum Gasteiger partial charge on any atom is -0.303 e. The number of fused-ring (bicyclic) bond motifs is 1. The Balaban J connectivity index is 1.41. The lowest BCUT2D eigenvalue weighted by Crippen LogP contribution is -2.32. The van der Waals surface area contributed by atoms with Crippen LogP contribution in [0.15, 0.2) is 42.1 Å². The highest BCUT2D eigenvalue weighted by Crippen LogP contribution is 2.18. The number of allylic oxidation sites excluding steroid dienone is 1. The largest absolute Gasteiger partial charge is 0.303 e. The molecule has 124 valence electrons. The fourth-order valence-corrected chi connectivity index (χ4v) is 3.43. The van der Waals surface area contributed by atoms with E-state index in [1.807, 2.05) is 6.20 Å². The van der Waals surface area contributed by atoms with Gasteiger partial charge in [-0.25, -0.2) is 0 Å². The molecule has 3 heteroatoms. The van der Waals surface area contributed by atoms with Crippen LogP contribution in [0.2, 0.25) is 0 Å². The number of hydrogen-bond donors (Lipinski definition) is 0. The quantitative estimate of drug-likeness (QED) is 0.549. The Morgan fingerprint density at radius 3 is 2.74 bits per heavy atom. The molecule has 1 saturated heterocycles. The molecule has 0 saturated carbocycles. The third-order valence-electron chi connectivity index (χ3n) is 4.88. The van der Waals surface area contributed by atoms with Gasteiger partial charge in [0.1, 0.15) is 0 Å². The van der Waals surface area contributed by atoms with Crippen LogP contribution in [0.3, 0.4) is 0 Å². The van der Waals surface area contributed by atoms with Crippen molar-refractivity contribution in [3.63, 3.8) is 0 Å². The Morgan fingerprint density at radius 2 is 1.91 bits per heavy atom. The number of rotatable bonds is 7. The van der Waals surface area contributed by atoms with Gasteiger partial charge >= 0.3 is 0 Å². The lowest BCUT2D eigenvalue weighted by Gasteiger charge is -2.28. The number of piperidine rings is 1. The van der Waals surface area contributed by atoms with Gasteiger partial charge in [-0.15, -0.1) is 0 Å². The minimum absolute atomic E-state index is 1.02. The van der Waals surface area contributed by atoms with Crippen LogP contribution in [-0.4, -0.2) is 34.3 Å². The molecule has 0 aliphatic carbocycles. The van der Waals surface area contributed by atoms with E-state index in [1.165, 1.54) is 69.1 Å². The number of para-hydroxylation sites is 1. The maximum absolute atomic E-state index is 4.52. The number of aryl methyl sites for hydroxylation is 1. The maximum Gasteiger partial charge on any atom is 0.0682 e. The van der Waals surface area contributed by atoms with E-state index in [0.29, 0.717) is 0 Å². The van der Waals surface area contributed by atoms with Gasteiger partial charge < -0.3 is 4.90 Å². The van der Waals surface area contributed by atoms with E-state index in [-0.39, 0.29) is 0 Å². The highest BCUT2D eigenvalue weighted by atomic mass is 15.3. The molecule has 0 atom stereocenters. The van der Waals surface area contributed by atoms with Crippen LogP contribution in [0, 0.1) is 0 Å². The molecular weight excluding hydrogens is 282 g/mol. The predicted molar refractivity (Wildman–Crippen MR) is 97.6 cm³/mol. The molecule has 2 aromatic rings. The Hall–Kier alpha value is -1.61. The third-order valence-corrected chi connectivity index (χ3v) is 4.88. The van der Waals surface area contributed by atoms with Crippen molar-refractivity contribution in [1.82, 2.24) is 14.7 Å². The van der Waals surface area contributed by atoms with E-state index >= 15 is 0 Å². The summed E-state index contributed by atoms with van der Waals surface area (Å²) in [5.41, 5.74) is 2.94. The van der Waals surface area contributed by atoms with Crippen molar-refractivity contribution in [2.24, 2.45) is 0 Å². The molecular formula is C20H29N3. The summed E-state index contributed by atoms with van der Waals surface area (Å²) in [6.07, 6.45) is 12.1. The summed E-state index contributed by atoms with van der Waals surface area (Å²) in [6, 6.07) is 8.47. The van der Waals surface area contributed by atoms with Crippen molar-refractivity contribution in [2.45, 2.75) is 52.0 Å². The number of nitrogens with zero attached hydrogens (tertiary/aromatic N) is 3. The Kier molecular flexibility index (Phi) is 5.87. The van der Waals surface area contributed by atoms with Crippen molar-refractivity contribution < 1.29 is 0 Å². The second kappa shape index (κ2) is 8.30. The zero-order chi connectivity index (χ0) is 15.9. The van der Waals surface area contributed by atoms with Crippen molar-refractivity contribution in [1.29, 1.82) is 0 Å². The second-order valence-corrected chi connectivity index (χ2v) is 6.63. The lowest BCUT2D eigenvalue weighted by atomic mass is 10.0. The first-order valence-corrected chi connectivity index (χ1v) is 9.17. The SMILES string of the molecule is CCCCC=C1CCN(CCCn2ncc3ccccc32)CC1. The van der Waals surface area contributed by atoms with Gasteiger partial charge in [0.05, 0.1) is 11.7 Å². The predicted octanol–water partition coefficient (Wildman–Crippen LogP) is 4.64. The van der Waals surface area contributed by atoms with Gasteiger partial charge in [0, 0.05) is 25.0 Å². The Labute approximate surface area is 140 Å². The molecule has 0 unspecified atom stereocenters. The van der Waals surface area contributed by atoms with Crippen molar-refractivity contribution >= 4 is 10.9 Å². The van der Waals surface area contributed by atoms with Crippen LogP contribution in [-0.2, 0) is 6.54 Å². The zero-order valence-electron chi connectivity index (χ0n) is 14.4. The van der Waals surface area contributed by atoms with Crippen LogP contribution < -0.4 is 0 Å². The molecule has 1 aliphatic heterocycles. The molecule has 3 nitrogen and oxygen atoms in total. The average Bonchev–Trinajstić information content (AvgIpc) is 3.00. The fraction of sp³-hybridized carbons (Fsp3) is 0.550. The molecule has 2 heterocycles. The Morgan fingerprint density at radius 1 is 1.09 bits per heavy atom. The molecule has 1 aliphatic rings. The summed E-state index contributed by atoms with van der Waals surface area (Å²) >= 11 is 0. The van der Waals surface area contributed by atoms with Crippen LogP contribution in [0.5, 0.6) is 0 Å². The maximum atomic E-state index is 4.52. The topological polar surface area (TPSA) is 21.1 Å². The molecule has 1 fully saturated rings. The highest BCUT2D eigenvalue weighted by molar-refractivity contribution is 5.78. The first-order chi connectivity index (χ1) is 11.4. The number of aromatic nitrogens is 2. The normalized spacial score (nSPS) is 16.1. The van der Waals surface area contributed by atoms with Crippen molar-refractivity contribution in [3.05, 3.63) is 42.1 Å². The summed E-state index contributed by atoms with van der Waals surface area (Å²) in [5.74, 6) is 0. The monoisotopic (exact) mass is 311 g/mol.